The number of carbonyl (C=O) groups is 2. The van der Waals surface area contributed by atoms with E-state index in [9.17, 15) is 40.2 Å². The smallest absolute Gasteiger partial charge is 0.306 e. The predicted molar refractivity (Wildman–Crippen MR) is 125 cm³/mol. The Morgan fingerprint density at radius 2 is 1.22 bits per heavy atom. The van der Waals surface area contributed by atoms with Crippen molar-refractivity contribution in [3.63, 3.8) is 0 Å². The maximum Gasteiger partial charge on any atom is 0.306 e. The van der Waals surface area contributed by atoms with Crippen LogP contribution in [0, 0.1) is 0 Å². The summed E-state index contributed by atoms with van der Waals surface area (Å²) in [6.45, 7) is 2.79. The highest BCUT2D eigenvalue weighted by atomic mass is 16.7. The highest BCUT2D eigenvalue weighted by Crippen LogP contribution is 2.28. The minimum atomic E-state index is -1.80. The number of ether oxygens (including phenoxy) is 5. The molecule has 2 rings (SSSR count). The average molecular weight is 539 g/mol. The number of carbonyl (C=O) groups excluding carboxylic acids is 2. The van der Waals surface area contributed by atoms with Gasteiger partial charge in [0.2, 0.25) is 0 Å². The molecule has 13 nitrogen and oxygen atoms in total. The van der Waals surface area contributed by atoms with E-state index >= 15 is 0 Å². The number of aliphatic hydroxyl groups excluding tert-OH is 6. The molecule has 0 bridgehead atoms. The van der Waals surface area contributed by atoms with Gasteiger partial charge in [0.25, 0.3) is 0 Å². The molecule has 2 saturated heterocycles. The highest BCUT2D eigenvalue weighted by Gasteiger charge is 2.49. The van der Waals surface area contributed by atoms with Crippen molar-refractivity contribution in [2.24, 2.45) is 0 Å². The molecule has 13 heteroatoms. The summed E-state index contributed by atoms with van der Waals surface area (Å²) in [6, 6.07) is 0. The maximum absolute atomic E-state index is 12.2. The minimum absolute atomic E-state index is 0.0800. The van der Waals surface area contributed by atoms with E-state index in [-0.39, 0.29) is 12.8 Å². The van der Waals surface area contributed by atoms with Gasteiger partial charge in [0.05, 0.1) is 13.2 Å². The lowest BCUT2D eigenvalue weighted by Crippen LogP contribution is -2.62. The number of hydrogen-bond acceptors (Lipinski definition) is 13. The average Bonchev–Trinajstić information content (AvgIpc) is 2.87. The number of esters is 2. The van der Waals surface area contributed by atoms with Gasteiger partial charge >= 0.3 is 11.9 Å². The highest BCUT2D eigenvalue weighted by molar-refractivity contribution is 5.70. The van der Waals surface area contributed by atoms with Crippen LogP contribution in [0.15, 0.2) is 0 Å². The van der Waals surface area contributed by atoms with Crippen LogP contribution in [0.5, 0.6) is 0 Å². The van der Waals surface area contributed by atoms with Crippen molar-refractivity contribution in [1.82, 2.24) is 0 Å². The molecular weight excluding hydrogens is 496 g/mol. The number of hydrogen-bond donors (Lipinski definition) is 6. The monoisotopic (exact) mass is 538 g/mol. The van der Waals surface area contributed by atoms with E-state index in [0.717, 1.165) is 25.7 Å². The van der Waals surface area contributed by atoms with Gasteiger partial charge in [-0.3, -0.25) is 9.59 Å². The summed E-state index contributed by atoms with van der Waals surface area (Å²) in [5.41, 5.74) is 0. The van der Waals surface area contributed by atoms with Crippen LogP contribution in [0.1, 0.15) is 65.2 Å². The Balaban J connectivity index is 2.01. The standard InChI is InChI=1S/C24H42O13/c1-3-5-7-9-15(26)36-21-13(11-25)35-24(20(31)18(21)29)33-12-14-22(17(28)19(30)23(32)34-14)37-16(27)10-8-6-4-2/h13-14,17-25,28-32H,3-12H2,1-2H3/t13-,14-,17-,18-,19-,20-,21-,22-,23?,24-/m1/s1. The zero-order valence-corrected chi connectivity index (χ0v) is 21.4. The molecule has 0 aromatic heterocycles. The van der Waals surface area contributed by atoms with Gasteiger partial charge in [-0.25, -0.2) is 0 Å². The molecule has 216 valence electrons. The molecule has 1 unspecified atom stereocenters. The molecule has 2 aliphatic heterocycles. The zero-order chi connectivity index (χ0) is 27.5. The summed E-state index contributed by atoms with van der Waals surface area (Å²) in [7, 11) is 0. The third-order valence-electron chi connectivity index (χ3n) is 6.41. The molecule has 2 fully saturated rings. The third kappa shape index (κ3) is 9.08. The Morgan fingerprint density at radius 3 is 1.73 bits per heavy atom. The molecule has 6 N–H and O–H groups in total. The molecule has 10 atom stereocenters. The lowest BCUT2D eigenvalue weighted by atomic mass is 9.98. The summed E-state index contributed by atoms with van der Waals surface area (Å²) in [6.07, 6.45) is -10.6. The molecule has 0 aromatic carbocycles. The quantitative estimate of drug-likeness (QED) is 0.115. The van der Waals surface area contributed by atoms with Crippen LogP contribution < -0.4 is 0 Å². The van der Waals surface area contributed by atoms with Crippen molar-refractivity contribution >= 4 is 11.9 Å². The number of unbranched alkanes of at least 4 members (excludes halogenated alkanes) is 4. The van der Waals surface area contributed by atoms with E-state index in [2.05, 4.69) is 0 Å². The summed E-state index contributed by atoms with van der Waals surface area (Å²) in [4.78, 5) is 24.3. The van der Waals surface area contributed by atoms with Gasteiger partial charge in [-0.1, -0.05) is 39.5 Å². The Bertz CT molecular complexity index is 690. The zero-order valence-electron chi connectivity index (χ0n) is 21.4. The van der Waals surface area contributed by atoms with Crippen LogP contribution in [-0.2, 0) is 33.3 Å². The largest absolute Gasteiger partial charge is 0.457 e. The molecule has 37 heavy (non-hydrogen) atoms. The summed E-state index contributed by atoms with van der Waals surface area (Å²) >= 11 is 0. The van der Waals surface area contributed by atoms with E-state index in [0.29, 0.717) is 12.8 Å². The van der Waals surface area contributed by atoms with Gasteiger partial charge in [-0.15, -0.1) is 0 Å². The normalized spacial score (nSPS) is 36.2. The molecular formula is C24H42O13. The SMILES string of the molecule is CCCCCC(=O)O[C@H]1[C@H](O)[C@@H](O)[C@H](OC[C@H]2OC(O)[C@H](O)[C@@H](O)[C@@H]2OC(=O)CCCCC)O[C@@H]1CO. The van der Waals surface area contributed by atoms with E-state index in [1.807, 2.05) is 13.8 Å². The Hall–Kier alpha value is -1.42. The van der Waals surface area contributed by atoms with Crippen molar-refractivity contribution in [2.75, 3.05) is 13.2 Å². The van der Waals surface area contributed by atoms with Gasteiger partial charge < -0.3 is 54.3 Å². The molecule has 2 heterocycles. The summed E-state index contributed by atoms with van der Waals surface area (Å²) in [5.74, 6) is -1.24. The van der Waals surface area contributed by atoms with Crippen molar-refractivity contribution in [2.45, 2.75) is 127 Å². The minimum Gasteiger partial charge on any atom is -0.457 e. The number of aliphatic hydroxyl groups is 6. The van der Waals surface area contributed by atoms with Crippen LogP contribution in [0.2, 0.25) is 0 Å². The molecule has 0 amide bonds. The summed E-state index contributed by atoms with van der Waals surface area (Å²) < 4.78 is 26.8. The fourth-order valence-electron chi connectivity index (χ4n) is 4.19. The van der Waals surface area contributed by atoms with Gasteiger partial charge in [0.15, 0.2) is 24.8 Å². The first kappa shape index (κ1) is 31.8. The molecule has 0 aliphatic carbocycles. The first-order valence-corrected chi connectivity index (χ1v) is 13.0. The second-order valence-corrected chi connectivity index (χ2v) is 9.41. The summed E-state index contributed by atoms with van der Waals surface area (Å²) in [5, 5.41) is 61.0. The van der Waals surface area contributed by atoms with Crippen LogP contribution in [0.25, 0.3) is 0 Å². The third-order valence-corrected chi connectivity index (χ3v) is 6.41. The van der Waals surface area contributed by atoms with Crippen molar-refractivity contribution in [3.8, 4) is 0 Å². The van der Waals surface area contributed by atoms with Crippen LogP contribution in [-0.4, -0.2) is 117 Å². The molecule has 2 aliphatic rings. The first-order chi connectivity index (χ1) is 17.6. The fraction of sp³-hybridized carbons (Fsp3) is 0.917. The van der Waals surface area contributed by atoms with Gasteiger partial charge in [0, 0.05) is 12.8 Å². The van der Waals surface area contributed by atoms with Crippen LogP contribution in [0.3, 0.4) is 0 Å². The van der Waals surface area contributed by atoms with E-state index in [4.69, 9.17) is 23.7 Å². The Morgan fingerprint density at radius 1 is 0.703 bits per heavy atom. The van der Waals surface area contributed by atoms with Gasteiger partial charge in [-0.2, -0.15) is 0 Å². The lowest BCUT2D eigenvalue weighted by Gasteiger charge is -2.43. The molecule has 0 aromatic rings. The second kappa shape index (κ2) is 15.9. The van der Waals surface area contributed by atoms with E-state index < -0.39 is 86.6 Å². The van der Waals surface area contributed by atoms with Crippen molar-refractivity contribution < 1.29 is 63.9 Å². The van der Waals surface area contributed by atoms with Gasteiger partial charge in [-0.05, 0) is 12.8 Å². The topological polar surface area (TPSA) is 202 Å². The van der Waals surface area contributed by atoms with Crippen LogP contribution >= 0.6 is 0 Å². The second-order valence-electron chi connectivity index (χ2n) is 9.41. The Kier molecular flexibility index (Phi) is 13.6. The van der Waals surface area contributed by atoms with Crippen molar-refractivity contribution in [3.05, 3.63) is 0 Å². The van der Waals surface area contributed by atoms with Crippen LogP contribution in [0.4, 0.5) is 0 Å². The van der Waals surface area contributed by atoms with E-state index in [1.54, 1.807) is 0 Å². The molecule has 0 saturated carbocycles. The molecule has 0 radical (unpaired) electrons. The van der Waals surface area contributed by atoms with Crippen molar-refractivity contribution in [1.29, 1.82) is 0 Å². The number of rotatable bonds is 14. The van der Waals surface area contributed by atoms with Gasteiger partial charge in [0.1, 0.15) is 36.6 Å². The predicted octanol–water partition coefficient (Wildman–Crippen LogP) is -1.13. The fourth-order valence-corrected chi connectivity index (χ4v) is 4.19. The Labute approximate surface area is 216 Å². The lowest BCUT2D eigenvalue weighted by molar-refractivity contribution is -0.327. The first-order valence-electron chi connectivity index (χ1n) is 13.0. The molecule has 0 spiro atoms. The van der Waals surface area contributed by atoms with E-state index in [1.165, 1.54) is 0 Å². The maximum atomic E-state index is 12.2.